The number of ether oxygens (including phenoxy) is 3. The highest BCUT2D eigenvalue weighted by atomic mass is 32.1. The summed E-state index contributed by atoms with van der Waals surface area (Å²) in [6, 6.07) is 5.37. The van der Waals surface area contributed by atoms with Crippen LogP contribution in [-0.4, -0.2) is 31.4 Å². The lowest BCUT2D eigenvalue weighted by molar-refractivity contribution is 0.0547. The zero-order chi connectivity index (χ0) is 13.5. The molecule has 0 aliphatic rings. The van der Waals surface area contributed by atoms with Crippen molar-refractivity contribution in [3.05, 3.63) is 23.8 Å². The first-order chi connectivity index (χ1) is 8.54. The molecule has 0 aromatic heterocycles. The molecule has 0 aliphatic carbocycles. The highest BCUT2D eigenvalue weighted by molar-refractivity contribution is 7.80. The number of thiocarbonyl (C=S) groups is 1. The van der Waals surface area contributed by atoms with Crippen molar-refractivity contribution in [1.29, 1.82) is 0 Å². The van der Waals surface area contributed by atoms with Crippen LogP contribution < -0.4 is 15.2 Å². The van der Waals surface area contributed by atoms with Gasteiger partial charge in [0.15, 0.2) is 11.5 Å². The Balaban J connectivity index is 2.62. The molecule has 0 aliphatic heterocycles. The van der Waals surface area contributed by atoms with Crippen LogP contribution in [0.4, 0.5) is 0 Å². The maximum Gasteiger partial charge on any atom is 0.161 e. The van der Waals surface area contributed by atoms with Crippen LogP contribution in [-0.2, 0) is 4.74 Å². The third-order valence-electron chi connectivity index (χ3n) is 2.24. The molecular formula is C13H19NO3S. The Hall–Kier alpha value is -1.33. The molecule has 18 heavy (non-hydrogen) atoms. The van der Waals surface area contributed by atoms with E-state index in [0.717, 1.165) is 5.56 Å². The fourth-order valence-corrected chi connectivity index (χ4v) is 1.50. The smallest absolute Gasteiger partial charge is 0.161 e. The van der Waals surface area contributed by atoms with E-state index < -0.39 is 0 Å². The molecule has 100 valence electrons. The summed E-state index contributed by atoms with van der Waals surface area (Å²) in [5.74, 6) is 1.27. The van der Waals surface area contributed by atoms with Gasteiger partial charge in [0.2, 0.25) is 0 Å². The van der Waals surface area contributed by atoms with Crippen LogP contribution in [0.2, 0.25) is 0 Å². The minimum absolute atomic E-state index is 0.201. The van der Waals surface area contributed by atoms with E-state index in [9.17, 15) is 0 Å². The second-order valence-corrected chi connectivity index (χ2v) is 4.44. The van der Waals surface area contributed by atoms with Crippen LogP contribution in [0.1, 0.15) is 19.4 Å². The third kappa shape index (κ3) is 4.50. The molecule has 0 atom stereocenters. The van der Waals surface area contributed by atoms with Gasteiger partial charge in [-0.3, -0.25) is 0 Å². The Kier molecular flexibility index (Phi) is 5.88. The fraction of sp³-hybridized carbons (Fsp3) is 0.462. The van der Waals surface area contributed by atoms with Crippen molar-refractivity contribution in [2.45, 2.75) is 20.0 Å². The molecule has 0 radical (unpaired) electrons. The number of hydrogen-bond acceptors (Lipinski definition) is 4. The molecule has 0 bridgehead atoms. The monoisotopic (exact) mass is 269 g/mol. The van der Waals surface area contributed by atoms with Crippen LogP contribution >= 0.6 is 12.2 Å². The molecular weight excluding hydrogens is 250 g/mol. The van der Waals surface area contributed by atoms with Crippen molar-refractivity contribution in [2.75, 3.05) is 20.3 Å². The van der Waals surface area contributed by atoms with Crippen molar-refractivity contribution < 1.29 is 14.2 Å². The van der Waals surface area contributed by atoms with Gasteiger partial charge in [0, 0.05) is 5.56 Å². The van der Waals surface area contributed by atoms with Crippen LogP contribution in [0.5, 0.6) is 11.5 Å². The van der Waals surface area contributed by atoms with E-state index >= 15 is 0 Å². The van der Waals surface area contributed by atoms with Gasteiger partial charge in [0.25, 0.3) is 0 Å². The number of methoxy groups -OCH3 is 1. The average Bonchev–Trinajstić information content (AvgIpc) is 2.34. The lowest BCUT2D eigenvalue weighted by Crippen LogP contribution is -2.12. The summed E-state index contributed by atoms with van der Waals surface area (Å²) in [4.78, 5) is 0.336. The van der Waals surface area contributed by atoms with Gasteiger partial charge in [-0.1, -0.05) is 12.2 Å². The van der Waals surface area contributed by atoms with E-state index in [1.165, 1.54) is 0 Å². The first kappa shape index (κ1) is 14.7. The van der Waals surface area contributed by atoms with E-state index in [0.29, 0.717) is 29.7 Å². The Morgan fingerprint density at radius 3 is 2.56 bits per heavy atom. The zero-order valence-corrected chi connectivity index (χ0v) is 11.8. The molecule has 4 nitrogen and oxygen atoms in total. The average molecular weight is 269 g/mol. The minimum atomic E-state index is 0.201. The van der Waals surface area contributed by atoms with E-state index in [4.69, 9.17) is 32.2 Å². The Labute approximate surface area is 113 Å². The van der Waals surface area contributed by atoms with Gasteiger partial charge in [-0.2, -0.15) is 0 Å². The first-order valence-corrected chi connectivity index (χ1v) is 6.17. The largest absolute Gasteiger partial charge is 0.493 e. The van der Waals surface area contributed by atoms with Gasteiger partial charge in [0.1, 0.15) is 11.6 Å². The molecule has 2 N–H and O–H groups in total. The van der Waals surface area contributed by atoms with Gasteiger partial charge in [0.05, 0.1) is 19.8 Å². The maximum atomic E-state index is 5.58. The summed E-state index contributed by atoms with van der Waals surface area (Å²) < 4.78 is 16.2. The number of nitrogens with two attached hydrogens (primary N) is 1. The van der Waals surface area contributed by atoms with Gasteiger partial charge in [-0.05, 0) is 32.0 Å². The quantitative estimate of drug-likeness (QED) is 0.607. The molecule has 0 unspecified atom stereocenters. The molecule has 0 fully saturated rings. The van der Waals surface area contributed by atoms with Crippen LogP contribution in [0.25, 0.3) is 0 Å². The Morgan fingerprint density at radius 2 is 2.00 bits per heavy atom. The standard InChI is InChI=1S/C13H19NO3S/c1-9(2)16-6-7-17-11-5-4-10(13(14)18)8-12(11)15-3/h4-5,8-9H,6-7H2,1-3H3,(H2,14,18). The van der Waals surface area contributed by atoms with Gasteiger partial charge in [-0.25, -0.2) is 0 Å². The molecule has 1 rings (SSSR count). The van der Waals surface area contributed by atoms with Crippen LogP contribution in [0.3, 0.4) is 0 Å². The van der Waals surface area contributed by atoms with Crippen molar-refractivity contribution >= 4 is 17.2 Å². The van der Waals surface area contributed by atoms with Gasteiger partial charge in [-0.15, -0.1) is 0 Å². The molecule has 0 heterocycles. The topological polar surface area (TPSA) is 53.7 Å². The third-order valence-corrected chi connectivity index (χ3v) is 2.48. The minimum Gasteiger partial charge on any atom is -0.493 e. The summed E-state index contributed by atoms with van der Waals surface area (Å²) >= 11 is 4.91. The second-order valence-electron chi connectivity index (χ2n) is 4.00. The number of benzene rings is 1. The van der Waals surface area contributed by atoms with Crippen molar-refractivity contribution in [2.24, 2.45) is 5.73 Å². The van der Waals surface area contributed by atoms with Crippen molar-refractivity contribution in [1.82, 2.24) is 0 Å². The summed E-state index contributed by atoms with van der Waals surface area (Å²) in [6.45, 7) is 4.98. The predicted molar refractivity (Wildman–Crippen MR) is 75.5 cm³/mol. The van der Waals surface area contributed by atoms with E-state index in [1.807, 2.05) is 19.9 Å². The summed E-state index contributed by atoms with van der Waals surface area (Å²) in [7, 11) is 1.58. The first-order valence-electron chi connectivity index (χ1n) is 5.77. The number of rotatable bonds is 7. The van der Waals surface area contributed by atoms with E-state index in [1.54, 1.807) is 19.2 Å². The molecule has 5 heteroatoms. The highest BCUT2D eigenvalue weighted by Crippen LogP contribution is 2.27. The fourth-order valence-electron chi connectivity index (χ4n) is 1.38. The Bertz CT molecular complexity index is 407. The molecule has 1 aromatic rings. The van der Waals surface area contributed by atoms with Crippen molar-refractivity contribution in [3.63, 3.8) is 0 Å². The zero-order valence-electron chi connectivity index (χ0n) is 10.9. The summed E-state index contributed by atoms with van der Waals surface area (Å²) in [5.41, 5.74) is 6.31. The molecule has 0 saturated heterocycles. The molecule has 1 aromatic carbocycles. The van der Waals surface area contributed by atoms with E-state index in [2.05, 4.69) is 0 Å². The maximum absolute atomic E-state index is 5.58. The predicted octanol–water partition coefficient (Wildman–Crippen LogP) is 2.13. The lowest BCUT2D eigenvalue weighted by Gasteiger charge is -2.13. The number of hydrogen-bond donors (Lipinski definition) is 1. The second kappa shape index (κ2) is 7.18. The van der Waals surface area contributed by atoms with Gasteiger partial charge < -0.3 is 19.9 Å². The highest BCUT2D eigenvalue weighted by Gasteiger charge is 2.07. The Morgan fingerprint density at radius 1 is 1.28 bits per heavy atom. The van der Waals surface area contributed by atoms with Crippen molar-refractivity contribution in [3.8, 4) is 11.5 Å². The SMILES string of the molecule is COc1cc(C(N)=S)ccc1OCCOC(C)C. The van der Waals surface area contributed by atoms with Gasteiger partial charge >= 0.3 is 0 Å². The molecule has 0 saturated carbocycles. The summed E-state index contributed by atoms with van der Waals surface area (Å²) in [6.07, 6.45) is 0.201. The normalized spacial score (nSPS) is 10.4. The van der Waals surface area contributed by atoms with Crippen LogP contribution in [0.15, 0.2) is 18.2 Å². The van der Waals surface area contributed by atoms with Crippen LogP contribution in [0, 0.1) is 0 Å². The molecule has 0 spiro atoms. The molecule has 0 amide bonds. The van der Waals surface area contributed by atoms with E-state index in [-0.39, 0.29) is 6.10 Å². The summed E-state index contributed by atoms with van der Waals surface area (Å²) in [5, 5.41) is 0. The lowest BCUT2D eigenvalue weighted by atomic mass is 10.2.